The van der Waals surface area contributed by atoms with E-state index in [1.807, 2.05) is 18.2 Å². The van der Waals surface area contributed by atoms with Gasteiger partial charge in [-0.1, -0.05) is 6.07 Å². The fourth-order valence-electron chi connectivity index (χ4n) is 2.19. The molecule has 1 heterocycles. The third-order valence-electron chi connectivity index (χ3n) is 3.09. The second-order valence-electron chi connectivity index (χ2n) is 4.29. The first kappa shape index (κ1) is 10.8. The van der Waals surface area contributed by atoms with Crippen molar-refractivity contribution < 1.29 is 9.42 Å². The number of rotatable bonds is 2. The van der Waals surface area contributed by atoms with Crippen LogP contribution in [0.5, 0.6) is 0 Å². The third-order valence-corrected chi connectivity index (χ3v) is 3.09. The van der Waals surface area contributed by atoms with Crippen LogP contribution in [0.3, 0.4) is 0 Å². The number of nitrogens with one attached hydrogen (secondary N) is 1. The summed E-state index contributed by atoms with van der Waals surface area (Å²) in [5, 5.41) is 9.56. The van der Waals surface area contributed by atoms with Gasteiger partial charge in [-0.2, -0.15) is 0 Å². The molecule has 0 bridgehead atoms. The van der Waals surface area contributed by atoms with Crippen molar-refractivity contribution >= 4 is 17.4 Å². The molecule has 1 aliphatic carbocycles. The summed E-state index contributed by atoms with van der Waals surface area (Å²) in [5.41, 5.74) is 8.85. The quantitative estimate of drug-likeness (QED) is 0.832. The highest BCUT2D eigenvalue weighted by Crippen LogP contribution is 2.25. The van der Waals surface area contributed by atoms with E-state index in [2.05, 4.69) is 20.3 Å². The maximum Gasteiger partial charge on any atom is 0.281 e. The Kier molecular flexibility index (Phi) is 2.47. The molecule has 3 N–H and O–H groups in total. The fraction of sp³-hybridized carbons (Fsp3) is 0.250. The Morgan fingerprint density at radius 2 is 2.11 bits per heavy atom. The van der Waals surface area contributed by atoms with Crippen LogP contribution in [0.25, 0.3) is 0 Å². The Bertz CT molecular complexity index is 606. The molecule has 0 radical (unpaired) electrons. The number of aromatic nitrogens is 2. The lowest BCUT2D eigenvalue weighted by Gasteiger charge is -2.05. The molecule has 0 fully saturated rings. The van der Waals surface area contributed by atoms with Gasteiger partial charge in [0.1, 0.15) is 0 Å². The Balaban J connectivity index is 1.81. The smallest absolute Gasteiger partial charge is 0.281 e. The summed E-state index contributed by atoms with van der Waals surface area (Å²) in [7, 11) is 0. The lowest BCUT2D eigenvalue weighted by molar-refractivity contribution is 0.101. The number of aryl methyl sites for hydroxylation is 2. The SMILES string of the molecule is Nc1nonc1C(=O)Nc1ccc2c(c1)CCC2. The molecule has 92 valence electrons. The van der Waals surface area contributed by atoms with Gasteiger partial charge in [0, 0.05) is 5.69 Å². The van der Waals surface area contributed by atoms with E-state index < -0.39 is 5.91 Å². The minimum atomic E-state index is -0.410. The normalized spacial score (nSPS) is 13.3. The molecule has 3 rings (SSSR count). The first-order chi connectivity index (χ1) is 8.74. The molecule has 2 aromatic rings. The molecule has 1 aromatic carbocycles. The van der Waals surface area contributed by atoms with Crippen molar-refractivity contribution in [1.29, 1.82) is 0 Å². The first-order valence-electron chi connectivity index (χ1n) is 5.75. The molecule has 1 aliphatic rings. The van der Waals surface area contributed by atoms with Gasteiger partial charge in [0.15, 0.2) is 0 Å². The van der Waals surface area contributed by atoms with Crippen molar-refractivity contribution in [1.82, 2.24) is 10.3 Å². The van der Waals surface area contributed by atoms with Crippen LogP contribution in [0.1, 0.15) is 28.0 Å². The van der Waals surface area contributed by atoms with Gasteiger partial charge in [0.2, 0.25) is 11.5 Å². The molecule has 0 atom stereocenters. The van der Waals surface area contributed by atoms with Crippen molar-refractivity contribution in [3.63, 3.8) is 0 Å². The third kappa shape index (κ3) is 1.81. The monoisotopic (exact) mass is 244 g/mol. The van der Waals surface area contributed by atoms with Crippen molar-refractivity contribution in [3.05, 3.63) is 35.0 Å². The van der Waals surface area contributed by atoms with Crippen LogP contribution in [-0.2, 0) is 12.8 Å². The van der Waals surface area contributed by atoms with Crippen LogP contribution in [0.4, 0.5) is 11.5 Å². The number of anilines is 2. The van der Waals surface area contributed by atoms with E-state index in [0.29, 0.717) is 0 Å². The molecule has 0 unspecified atom stereocenters. The van der Waals surface area contributed by atoms with Crippen LogP contribution in [0, 0.1) is 0 Å². The van der Waals surface area contributed by atoms with Crippen molar-refractivity contribution in [2.75, 3.05) is 11.1 Å². The van der Waals surface area contributed by atoms with Gasteiger partial charge in [-0.15, -0.1) is 0 Å². The zero-order valence-corrected chi connectivity index (χ0v) is 9.64. The predicted molar refractivity (Wildman–Crippen MR) is 65.1 cm³/mol. The summed E-state index contributed by atoms with van der Waals surface area (Å²) in [6.45, 7) is 0. The summed E-state index contributed by atoms with van der Waals surface area (Å²) in [4.78, 5) is 11.8. The Labute approximate surface area is 103 Å². The van der Waals surface area contributed by atoms with E-state index in [4.69, 9.17) is 5.73 Å². The van der Waals surface area contributed by atoms with Crippen LogP contribution >= 0.6 is 0 Å². The van der Waals surface area contributed by atoms with Gasteiger partial charge in [0.25, 0.3) is 5.91 Å². The molecule has 0 aliphatic heterocycles. The van der Waals surface area contributed by atoms with Crippen molar-refractivity contribution in [3.8, 4) is 0 Å². The standard InChI is InChI=1S/C12H12N4O2/c13-11-10(15-18-16-11)12(17)14-9-5-4-7-2-1-3-8(7)6-9/h4-6H,1-3H2,(H2,13,16)(H,14,17). The van der Waals surface area contributed by atoms with Crippen molar-refractivity contribution in [2.24, 2.45) is 0 Å². The maximum atomic E-state index is 11.8. The predicted octanol–water partition coefficient (Wildman–Crippen LogP) is 1.39. The molecule has 6 heteroatoms. The summed E-state index contributed by atoms with van der Waals surface area (Å²) >= 11 is 0. The number of carbonyl (C=O) groups is 1. The van der Waals surface area contributed by atoms with Crippen LogP contribution < -0.4 is 11.1 Å². The zero-order chi connectivity index (χ0) is 12.5. The van der Waals surface area contributed by atoms with E-state index >= 15 is 0 Å². The van der Waals surface area contributed by atoms with Crippen LogP contribution in [0.2, 0.25) is 0 Å². The largest absolute Gasteiger partial charge is 0.379 e. The highest BCUT2D eigenvalue weighted by molar-refractivity contribution is 6.05. The minimum Gasteiger partial charge on any atom is -0.379 e. The first-order valence-corrected chi connectivity index (χ1v) is 5.75. The van der Waals surface area contributed by atoms with Gasteiger partial charge < -0.3 is 11.1 Å². The molecule has 18 heavy (non-hydrogen) atoms. The number of hydrogen-bond acceptors (Lipinski definition) is 5. The highest BCUT2D eigenvalue weighted by Gasteiger charge is 2.17. The van der Waals surface area contributed by atoms with Gasteiger partial charge in [-0.05, 0) is 52.8 Å². The summed E-state index contributed by atoms with van der Waals surface area (Å²) in [6, 6.07) is 5.91. The maximum absolute atomic E-state index is 11.8. The molecule has 1 aromatic heterocycles. The fourth-order valence-corrected chi connectivity index (χ4v) is 2.19. The van der Waals surface area contributed by atoms with E-state index in [-0.39, 0.29) is 11.5 Å². The van der Waals surface area contributed by atoms with Crippen LogP contribution in [-0.4, -0.2) is 16.2 Å². The molecule has 0 saturated heterocycles. The van der Waals surface area contributed by atoms with E-state index in [9.17, 15) is 4.79 Å². The van der Waals surface area contributed by atoms with E-state index in [1.54, 1.807) is 0 Å². The molecular weight excluding hydrogens is 232 g/mol. The molecule has 1 amide bonds. The number of carbonyl (C=O) groups excluding carboxylic acids is 1. The lowest BCUT2D eigenvalue weighted by Crippen LogP contribution is -2.14. The van der Waals surface area contributed by atoms with E-state index in [0.717, 1.165) is 18.5 Å². The summed E-state index contributed by atoms with van der Waals surface area (Å²) in [6.07, 6.45) is 3.35. The summed E-state index contributed by atoms with van der Waals surface area (Å²) in [5.74, 6) is -0.416. The number of nitrogens with zero attached hydrogens (tertiary/aromatic N) is 2. The number of fused-ring (bicyclic) bond motifs is 1. The molecule has 6 nitrogen and oxygen atoms in total. The molecule has 0 spiro atoms. The second kappa shape index (κ2) is 4.14. The van der Waals surface area contributed by atoms with Gasteiger partial charge in [-0.25, -0.2) is 4.63 Å². The lowest BCUT2D eigenvalue weighted by atomic mass is 10.1. The van der Waals surface area contributed by atoms with Crippen molar-refractivity contribution in [2.45, 2.75) is 19.3 Å². The van der Waals surface area contributed by atoms with Gasteiger partial charge in [0.05, 0.1) is 0 Å². The Morgan fingerprint density at radius 1 is 1.28 bits per heavy atom. The topological polar surface area (TPSA) is 94.0 Å². The van der Waals surface area contributed by atoms with E-state index in [1.165, 1.54) is 17.5 Å². The number of benzene rings is 1. The second-order valence-corrected chi connectivity index (χ2v) is 4.29. The average molecular weight is 244 g/mol. The number of hydrogen-bond donors (Lipinski definition) is 2. The van der Waals surface area contributed by atoms with Gasteiger partial charge >= 0.3 is 0 Å². The highest BCUT2D eigenvalue weighted by atomic mass is 16.6. The van der Waals surface area contributed by atoms with Crippen LogP contribution in [0.15, 0.2) is 22.8 Å². The summed E-state index contributed by atoms with van der Waals surface area (Å²) < 4.78 is 4.39. The van der Waals surface area contributed by atoms with Gasteiger partial charge in [-0.3, -0.25) is 4.79 Å². The minimum absolute atomic E-state index is 0.00587. The molecule has 0 saturated carbocycles. The number of nitrogens with two attached hydrogens (primary N) is 1. The molecular formula is C12H12N4O2. The number of amides is 1. The Morgan fingerprint density at radius 3 is 2.89 bits per heavy atom. The number of nitrogen functional groups attached to an aromatic ring is 1. The zero-order valence-electron chi connectivity index (χ0n) is 9.64. The average Bonchev–Trinajstić information content (AvgIpc) is 2.96. The Hall–Kier alpha value is -2.37.